The van der Waals surface area contributed by atoms with E-state index in [4.69, 9.17) is 0 Å². The van der Waals surface area contributed by atoms with E-state index in [9.17, 15) is 5.26 Å². The lowest BCUT2D eigenvalue weighted by Gasteiger charge is -2.07. The smallest absolute Gasteiger partial charge is 0.125 e. The Morgan fingerprint density at radius 3 is 2.78 bits per heavy atom. The molecule has 0 aliphatic rings. The average Bonchev–Trinajstić information content (AvgIpc) is 2.58. The summed E-state index contributed by atoms with van der Waals surface area (Å²) in [6.45, 7) is 4.93. The van der Waals surface area contributed by atoms with Crippen molar-refractivity contribution in [1.29, 1.82) is 5.26 Å². The summed E-state index contributed by atoms with van der Waals surface area (Å²) in [4.78, 5) is 0. The lowest BCUT2D eigenvalue weighted by atomic mass is 10.1. The van der Waals surface area contributed by atoms with Gasteiger partial charge in [-0.25, -0.2) is 0 Å². The third-order valence-electron chi connectivity index (χ3n) is 3.06. The highest BCUT2D eigenvalue weighted by Gasteiger charge is 2.14. The summed E-state index contributed by atoms with van der Waals surface area (Å²) in [7, 11) is 1.94. The average molecular weight is 306 g/mol. The molecule has 0 radical (unpaired) electrons. The minimum Gasteiger partial charge on any atom is -0.335 e. The lowest BCUT2D eigenvalue weighted by molar-refractivity contribution is 0.589. The quantitative estimate of drug-likeness (QED) is 0.945. The SMILES string of the molecule is CC(C)NCc1c(C#N)n(C)c2ccc(Br)cc12. The molecular weight excluding hydrogens is 290 g/mol. The summed E-state index contributed by atoms with van der Waals surface area (Å²) in [5, 5.41) is 13.8. The molecule has 1 aromatic carbocycles. The Bertz CT molecular complexity index is 620. The highest BCUT2D eigenvalue weighted by molar-refractivity contribution is 9.10. The number of nitriles is 1. The third kappa shape index (κ3) is 2.29. The number of aryl methyl sites for hydroxylation is 1. The van der Waals surface area contributed by atoms with Crippen LogP contribution in [0.2, 0.25) is 0 Å². The van der Waals surface area contributed by atoms with E-state index >= 15 is 0 Å². The molecule has 0 saturated heterocycles. The monoisotopic (exact) mass is 305 g/mol. The van der Waals surface area contributed by atoms with Crippen LogP contribution in [0.3, 0.4) is 0 Å². The Morgan fingerprint density at radius 2 is 2.17 bits per heavy atom. The van der Waals surface area contributed by atoms with Crippen molar-refractivity contribution in [2.75, 3.05) is 0 Å². The zero-order valence-corrected chi connectivity index (χ0v) is 12.4. The van der Waals surface area contributed by atoms with Gasteiger partial charge in [0.1, 0.15) is 11.8 Å². The van der Waals surface area contributed by atoms with Gasteiger partial charge in [0, 0.05) is 40.6 Å². The van der Waals surface area contributed by atoms with Gasteiger partial charge in [-0.2, -0.15) is 5.26 Å². The molecule has 0 aliphatic heterocycles. The first-order valence-corrected chi connectivity index (χ1v) is 6.74. The van der Waals surface area contributed by atoms with E-state index in [1.165, 1.54) is 0 Å². The fourth-order valence-corrected chi connectivity index (χ4v) is 2.48. The van der Waals surface area contributed by atoms with Crippen LogP contribution in [0.4, 0.5) is 0 Å². The molecule has 18 heavy (non-hydrogen) atoms. The topological polar surface area (TPSA) is 40.8 Å². The number of benzene rings is 1. The molecule has 0 atom stereocenters. The van der Waals surface area contributed by atoms with E-state index in [1.807, 2.05) is 23.7 Å². The van der Waals surface area contributed by atoms with E-state index < -0.39 is 0 Å². The van der Waals surface area contributed by atoms with Gasteiger partial charge in [-0.05, 0) is 18.2 Å². The predicted octanol–water partition coefficient (Wildman–Crippen LogP) is 3.31. The minimum atomic E-state index is 0.402. The molecule has 0 fully saturated rings. The van der Waals surface area contributed by atoms with E-state index in [1.54, 1.807) is 0 Å². The molecule has 0 saturated carbocycles. The van der Waals surface area contributed by atoms with Gasteiger partial charge < -0.3 is 9.88 Å². The van der Waals surface area contributed by atoms with Gasteiger partial charge in [0.15, 0.2) is 0 Å². The van der Waals surface area contributed by atoms with Gasteiger partial charge in [0.05, 0.1) is 0 Å². The first kappa shape index (κ1) is 13.1. The number of aromatic nitrogens is 1. The molecule has 0 spiro atoms. The van der Waals surface area contributed by atoms with Crippen LogP contribution in [-0.4, -0.2) is 10.6 Å². The molecule has 3 nitrogen and oxygen atoms in total. The van der Waals surface area contributed by atoms with Crippen molar-refractivity contribution in [2.24, 2.45) is 7.05 Å². The van der Waals surface area contributed by atoms with Gasteiger partial charge in [0.2, 0.25) is 0 Å². The van der Waals surface area contributed by atoms with E-state index in [-0.39, 0.29) is 0 Å². The van der Waals surface area contributed by atoms with Crippen LogP contribution in [-0.2, 0) is 13.6 Å². The van der Waals surface area contributed by atoms with Crippen molar-refractivity contribution in [1.82, 2.24) is 9.88 Å². The first-order valence-electron chi connectivity index (χ1n) is 5.95. The number of nitrogens with zero attached hydrogens (tertiary/aromatic N) is 2. The number of hydrogen-bond acceptors (Lipinski definition) is 2. The molecule has 0 bridgehead atoms. The van der Waals surface area contributed by atoms with E-state index in [2.05, 4.69) is 47.2 Å². The van der Waals surface area contributed by atoms with Crippen LogP contribution in [0, 0.1) is 11.3 Å². The van der Waals surface area contributed by atoms with Crippen molar-refractivity contribution >= 4 is 26.8 Å². The molecular formula is C14H16BrN3. The summed E-state index contributed by atoms with van der Waals surface area (Å²) >= 11 is 3.49. The fraction of sp³-hybridized carbons (Fsp3) is 0.357. The fourth-order valence-electron chi connectivity index (χ4n) is 2.12. The van der Waals surface area contributed by atoms with Crippen molar-refractivity contribution in [3.8, 4) is 6.07 Å². The molecule has 1 N–H and O–H groups in total. The van der Waals surface area contributed by atoms with E-state index in [0.717, 1.165) is 26.6 Å². The summed E-state index contributed by atoms with van der Waals surface area (Å²) in [5.74, 6) is 0. The van der Waals surface area contributed by atoms with Crippen LogP contribution in [0.25, 0.3) is 10.9 Å². The third-order valence-corrected chi connectivity index (χ3v) is 3.55. The van der Waals surface area contributed by atoms with Crippen LogP contribution in [0.15, 0.2) is 22.7 Å². The van der Waals surface area contributed by atoms with Crippen molar-refractivity contribution in [3.05, 3.63) is 33.9 Å². The first-order chi connectivity index (χ1) is 8.54. The number of rotatable bonds is 3. The minimum absolute atomic E-state index is 0.402. The van der Waals surface area contributed by atoms with Gasteiger partial charge >= 0.3 is 0 Å². The second-order valence-electron chi connectivity index (χ2n) is 4.70. The number of hydrogen-bond donors (Lipinski definition) is 1. The molecule has 2 aromatic rings. The highest BCUT2D eigenvalue weighted by Crippen LogP contribution is 2.27. The second kappa shape index (κ2) is 5.13. The molecule has 4 heteroatoms. The van der Waals surface area contributed by atoms with Crippen LogP contribution in [0.5, 0.6) is 0 Å². The zero-order chi connectivity index (χ0) is 13.3. The van der Waals surface area contributed by atoms with Crippen LogP contribution < -0.4 is 5.32 Å². The Hall–Kier alpha value is -1.31. The molecule has 0 unspecified atom stereocenters. The predicted molar refractivity (Wildman–Crippen MR) is 77.3 cm³/mol. The molecule has 94 valence electrons. The van der Waals surface area contributed by atoms with Crippen molar-refractivity contribution in [3.63, 3.8) is 0 Å². The van der Waals surface area contributed by atoms with Crippen LogP contribution >= 0.6 is 15.9 Å². The molecule has 1 aromatic heterocycles. The van der Waals surface area contributed by atoms with Crippen LogP contribution in [0.1, 0.15) is 25.1 Å². The van der Waals surface area contributed by atoms with Crippen molar-refractivity contribution < 1.29 is 0 Å². The summed E-state index contributed by atoms with van der Waals surface area (Å²) in [5.41, 5.74) is 2.90. The Morgan fingerprint density at radius 1 is 1.44 bits per heavy atom. The van der Waals surface area contributed by atoms with Gasteiger partial charge in [-0.15, -0.1) is 0 Å². The molecule has 0 amide bonds. The number of nitrogens with one attached hydrogen (secondary N) is 1. The zero-order valence-electron chi connectivity index (χ0n) is 10.8. The van der Waals surface area contributed by atoms with Gasteiger partial charge in [0.25, 0.3) is 0 Å². The standard InChI is InChI=1S/C14H16BrN3/c1-9(2)17-8-12-11-6-10(15)4-5-13(11)18(3)14(12)7-16/h4-6,9,17H,8H2,1-3H3. The normalized spacial score (nSPS) is 11.1. The van der Waals surface area contributed by atoms with E-state index in [0.29, 0.717) is 12.6 Å². The maximum absolute atomic E-state index is 9.32. The Kier molecular flexibility index (Phi) is 3.74. The summed E-state index contributed by atoms with van der Waals surface area (Å²) in [6, 6.07) is 8.83. The van der Waals surface area contributed by atoms with Gasteiger partial charge in [-0.1, -0.05) is 29.8 Å². The number of fused-ring (bicyclic) bond motifs is 1. The molecule has 1 heterocycles. The largest absolute Gasteiger partial charge is 0.335 e. The van der Waals surface area contributed by atoms with Gasteiger partial charge in [-0.3, -0.25) is 0 Å². The Labute approximate surface area is 116 Å². The Balaban J connectivity index is 2.61. The summed E-state index contributed by atoms with van der Waals surface area (Å²) in [6.07, 6.45) is 0. The maximum atomic E-state index is 9.32. The maximum Gasteiger partial charge on any atom is 0.125 e. The number of halogens is 1. The lowest BCUT2D eigenvalue weighted by Crippen LogP contribution is -2.22. The van der Waals surface area contributed by atoms with Crippen molar-refractivity contribution in [2.45, 2.75) is 26.4 Å². The molecule has 0 aliphatic carbocycles. The highest BCUT2D eigenvalue weighted by atomic mass is 79.9. The second-order valence-corrected chi connectivity index (χ2v) is 5.61. The summed E-state index contributed by atoms with van der Waals surface area (Å²) < 4.78 is 3.00. The molecule has 2 rings (SSSR count).